The lowest BCUT2D eigenvalue weighted by Crippen LogP contribution is -2.27. The normalized spacial score (nSPS) is 19.2. The third-order valence-corrected chi connectivity index (χ3v) is 3.99. The minimum absolute atomic E-state index is 0.156. The molecule has 3 rings (SSSR count). The van der Waals surface area contributed by atoms with Gasteiger partial charge in [-0.25, -0.2) is 0 Å². The van der Waals surface area contributed by atoms with Gasteiger partial charge in [-0.15, -0.1) is 0 Å². The number of fused-ring (bicyclic) bond motifs is 2. The summed E-state index contributed by atoms with van der Waals surface area (Å²) in [6.07, 6.45) is -0.467. The number of ether oxygens (including phenoxy) is 6. The van der Waals surface area contributed by atoms with Crippen LogP contribution in [0.2, 0.25) is 0 Å². The zero-order valence-corrected chi connectivity index (χ0v) is 15.7. The Morgan fingerprint density at radius 1 is 0.643 bits per heavy atom. The molecular formula is C21H26O7. The van der Waals surface area contributed by atoms with Crippen molar-refractivity contribution in [1.82, 2.24) is 0 Å². The summed E-state index contributed by atoms with van der Waals surface area (Å²) >= 11 is 0. The molecule has 0 saturated carbocycles. The molecule has 2 aromatic rings. The standard InChI is InChI=1S/C21H26O7/c22-15-17-16-28-21-8-4-3-7-20(21)26-12-10-23-9-11-25-18-5-1-2-6-19(18)27-14-13-24-17/h1-8,17,22H,9-16H2. The Morgan fingerprint density at radius 2 is 1.11 bits per heavy atom. The molecule has 7 nitrogen and oxygen atoms in total. The van der Waals surface area contributed by atoms with Crippen molar-refractivity contribution >= 4 is 0 Å². The Morgan fingerprint density at radius 3 is 1.61 bits per heavy atom. The maximum Gasteiger partial charge on any atom is 0.161 e. The maximum atomic E-state index is 9.54. The lowest BCUT2D eigenvalue weighted by atomic mass is 10.3. The highest BCUT2D eigenvalue weighted by molar-refractivity contribution is 5.40. The number of hydrogen-bond acceptors (Lipinski definition) is 7. The molecule has 0 amide bonds. The molecule has 7 heteroatoms. The minimum atomic E-state index is -0.467. The van der Waals surface area contributed by atoms with Crippen LogP contribution in [-0.2, 0) is 9.47 Å². The van der Waals surface area contributed by atoms with E-state index >= 15 is 0 Å². The van der Waals surface area contributed by atoms with E-state index in [9.17, 15) is 5.11 Å². The van der Waals surface area contributed by atoms with E-state index in [1.165, 1.54) is 0 Å². The molecule has 1 aliphatic rings. The molecule has 2 aromatic carbocycles. The van der Waals surface area contributed by atoms with Gasteiger partial charge in [-0.05, 0) is 24.3 Å². The molecule has 0 aliphatic carbocycles. The van der Waals surface area contributed by atoms with Gasteiger partial charge in [0.25, 0.3) is 0 Å². The van der Waals surface area contributed by atoms with E-state index in [0.717, 1.165) is 0 Å². The summed E-state index contributed by atoms with van der Waals surface area (Å²) in [5, 5.41) is 9.54. The fraction of sp³-hybridized carbons (Fsp3) is 0.429. The molecule has 0 saturated heterocycles. The first-order valence-electron chi connectivity index (χ1n) is 9.36. The molecule has 28 heavy (non-hydrogen) atoms. The Kier molecular flexibility index (Phi) is 8.24. The molecule has 0 fully saturated rings. The molecule has 1 atom stereocenters. The lowest BCUT2D eigenvalue weighted by molar-refractivity contribution is -0.0242. The predicted octanol–water partition coefficient (Wildman–Crippen LogP) is 2.31. The molecule has 0 aromatic heterocycles. The number of aliphatic hydroxyl groups excluding tert-OH is 1. The van der Waals surface area contributed by atoms with Gasteiger partial charge in [0.05, 0.1) is 26.4 Å². The Bertz CT molecular complexity index is 707. The largest absolute Gasteiger partial charge is 0.487 e. The molecule has 1 N–H and O–H groups in total. The van der Waals surface area contributed by atoms with Crippen molar-refractivity contribution in [3.8, 4) is 23.0 Å². The van der Waals surface area contributed by atoms with Crippen LogP contribution >= 0.6 is 0 Å². The van der Waals surface area contributed by atoms with Crippen molar-refractivity contribution in [1.29, 1.82) is 0 Å². The number of rotatable bonds is 1. The van der Waals surface area contributed by atoms with Crippen molar-refractivity contribution in [2.75, 3.05) is 52.9 Å². The molecule has 152 valence electrons. The third kappa shape index (κ3) is 6.30. The molecule has 1 unspecified atom stereocenters. The topological polar surface area (TPSA) is 75.6 Å². The van der Waals surface area contributed by atoms with Gasteiger partial charge < -0.3 is 33.5 Å². The molecule has 0 spiro atoms. The summed E-state index contributed by atoms with van der Waals surface area (Å²) < 4.78 is 34.2. The quantitative estimate of drug-likeness (QED) is 0.801. The maximum absolute atomic E-state index is 9.54. The van der Waals surface area contributed by atoms with Crippen LogP contribution in [-0.4, -0.2) is 64.1 Å². The molecule has 0 radical (unpaired) electrons. The summed E-state index contributed by atoms with van der Waals surface area (Å²) in [7, 11) is 0. The van der Waals surface area contributed by atoms with Crippen LogP contribution in [0.5, 0.6) is 23.0 Å². The second kappa shape index (κ2) is 11.4. The van der Waals surface area contributed by atoms with Crippen LogP contribution in [0.3, 0.4) is 0 Å². The summed E-state index contributed by atoms with van der Waals surface area (Å²) in [6.45, 7) is 2.35. The van der Waals surface area contributed by atoms with Crippen LogP contribution in [0, 0.1) is 0 Å². The van der Waals surface area contributed by atoms with Gasteiger partial charge in [-0.1, -0.05) is 24.3 Å². The molecule has 1 heterocycles. The van der Waals surface area contributed by atoms with Gasteiger partial charge in [0, 0.05) is 0 Å². The van der Waals surface area contributed by atoms with Crippen molar-refractivity contribution in [2.45, 2.75) is 6.10 Å². The van der Waals surface area contributed by atoms with Crippen LogP contribution in [0.15, 0.2) is 48.5 Å². The van der Waals surface area contributed by atoms with Gasteiger partial charge in [-0.2, -0.15) is 0 Å². The van der Waals surface area contributed by atoms with E-state index in [1.54, 1.807) is 0 Å². The predicted molar refractivity (Wildman–Crippen MR) is 103 cm³/mol. The molecule has 0 bridgehead atoms. The highest BCUT2D eigenvalue weighted by Crippen LogP contribution is 2.27. The third-order valence-electron chi connectivity index (χ3n) is 3.99. The number of para-hydroxylation sites is 4. The number of hydrogen-bond donors (Lipinski definition) is 1. The summed E-state index contributed by atoms with van der Waals surface area (Å²) in [4.78, 5) is 0. The molecule has 1 aliphatic heterocycles. The van der Waals surface area contributed by atoms with E-state index in [4.69, 9.17) is 28.4 Å². The Balaban J connectivity index is 1.63. The van der Waals surface area contributed by atoms with E-state index in [-0.39, 0.29) is 13.2 Å². The summed E-state index contributed by atoms with van der Waals surface area (Å²) in [5.74, 6) is 2.51. The fourth-order valence-electron chi connectivity index (χ4n) is 2.60. The van der Waals surface area contributed by atoms with Gasteiger partial charge in [0.2, 0.25) is 0 Å². The van der Waals surface area contributed by atoms with Crippen molar-refractivity contribution < 1.29 is 33.5 Å². The smallest absolute Gasteiger partial charge is 0.161 e. The average Bonchev–Trinajstić information content (AvgIpc) is 2.73. The zero-order chi connectivity index (χ0) is 19.4. The van der Waals surface area contributed by atoms with Gasteiger partial charge in [0.15, 0.2) is 23.0 Å². The highest BCUT2D eigenvalue weighted by atomic mass is 16.6. The van der Waals surface area contributed by atoms with E-state index in [2.05, 4.69) is 0 Å². The van der Waals surface area contributed by atoms with E-state index in [1.807, 2.05) is 48.5 Å². The summed E-state index contributed by atoms with van der Waals surface area (Å²) in [5.41, 5.74) is 0. The van der Waals surface area contributed by atoms with Gasteiger partial charge in [0.1, 0.15) is 32.5 Å². The monoisotopic (exact) mass is 390 g/mol. The van der Waals surface area contributed by atoms with E-state index in [0.29, 0.717) is 62.6 Å². The highest BCUT2D eigenvalue weighted by Gasteiger charge is 2.12. The summed E-state index contributed by atoms with van der Waals surface area (Å²) in [6, 6.07) is 14.8. The minimum Gasteiger partial charge on any atom is -0.487 e. The van der Waals surface area contributed by atoms with Gasteiger partial charge in [-0.3, -0.25) is 0 Å². The molecular weight excluding hydrogens is 364 g/mol. The number of aliphatic hydroxyl groups is 1. The van der Waals surface area contributed by atoms with Gasteiger partial charge >= 0.3 is 0 Å². The Labute approximate surface area is 164 Å². The van der Waals surface area contributed by atoms with Crippen LogP contribution in [0.1, 0.15) is 0 Å². The average molecular weight is 390 g/mol. The van der Waals surface area contributed by atoms with Crippen molar-refractivity contribution in [3.05, 3.63) is 48.5 Å². The van der Waals surface area contributed by atoms with Crippen molar-refractivity contribution in [3.63, 3.8) is 0 Å². The second-order valence-corrected chi connectivity index (χ2v) is 6.04. The van der Waals surface area contributed by atoms with Crippen LogP contribution in [0.25, 0.3) is 0 Å². The Hall–Kier alpha value is -2.48. The first kappa shape index (κ1) is 20.3. The van der Waals surface area contributed by atoms with E-state index < -0.39 is 6.10 Å². The fourth-order valence-corrected chi connectivity index (χ4v) is 2.60. The van der Waals surface area contributed by atoms with Crippen LogP contribution in [0.4, 0.5) is 0 Å². The first-order chi connectivity index (χ1) is 13.9. The second-order valence-electron chi connectivity index (χ2n) is 6.04. The SMILES string of the molecule is OCC1COc2ccccc2OCCOCCOc2ccccc2OCCO1. The lowest BCUT2D eigenvalue weighted by Gasteiger charge is -2.19. The number of benzene rings is 2. The van der Waals surface area contributed by atoms with Crippen molar-refractivity contribution in [2.24, 2.45) is 0 Å². The van der Waals surface area contributed by atoms with Crippen LogP contribution < -0.4 is 18.9 Å². The first-order valence-corrected chi connectivity index (χ1v) is 9.36. The zero-order valence-electron chi connectivity index (χ0n) is 15.7.